The van der Waals surface area contributed by atoms with Gasteiger partial charge in [-0.25, -0.2) is 0 Å². The van der Waals surface area contributed by atoms with Crippen LogP contribution in [-0.2, 0) is 19.1 Å². The Labute approximate surface area is 241 Å². The third-order valence-electron chi connectivity index (χ3n) is 8.06. The average molecular weight is 614 g/mol. The third kappa shape index (κ3) is 4.72. The van der Waals surface area contributed by atoms with Gasteiger partial charge < -0.3 is 19.6 Å². The van der Waals surface area contributed by atoms with Crippen LogP contribution in [0.1, 0.15) is 19.3 Å². The molecule has 7 nitrogen and oxygen atoms in total. The van der Waals surface area contributed by atoms with Crippen LogP contribution in [-0.4, -0.2) is 75.0 Å². The van der Waals surface area contributed by atoms with Gasteiger partial charge in [-0.15, -0.1) is 24.9 Å². The molecule has 9 heteroatoms. The van der Waals surface area contributed by atoms with Crippen molar-refractivity contribution in [3.63, 3.8) is 0 Å². The second-order valence-electron chi connectivity index (χ2n) is 10.3. The van der Waals surface area contributed by atoms with E-state index in [0.717, 1.165) is 17.2 Å². The number of nitrogens with zero attached hydrogens (tertiary/aromatic N) is 2. The Morgan fingerprint density at radius 3 is 2.69 bits per heavy atom. The summed E-state index contributed by atoms with van der Waals surface area (Å²) in [6, 6.07) is 12.9. The van der Waals surface area contributed by atoms with Crippen LogP contribution in [0.4, 0.5) is 5.69 Å². The van der Waals surface area contributed by atoms with E-state index in [1.165, 1.54) is 4.90 Å². The van der Waals surface area contributed by atoms with Crippen molar-refractivity contribution in [2.24, 2.45) is 11.8 Å². The highest BCUT2D eigenvalue weighted by Crippen LogP contribution is 2.68. The molecular weight excluding hydrogens is 580 g/mol. The number of halogens is 1. The summed E-state index contributed by atoms with van der Waals surface area (Å²) in [6.45, 7) is 7.84. The minimum absolute atomic E-state index is 0.0203. The van der Waals surface area contributed by atoms with Crippen LogP contribution in [0.5, 0.6) is 0 Å². The highest BCUT2D eigenvalue weighted by Gasteiger charge is 2.76. The molecule has 2 aromatic carbocycles. The molecule has 6 atom stereocenters. The van der Waals surface area contributed by atoms with Crippen LogP contribution in [0.2, 0.25) is 0 Å². The quantitative estimate of drug-likeness (QED) is 0.176. The van der Waals surface area contributed by atoms with E-state index in [1.54, 1.807) is 28.8 Å². The lowest BCUT2D eigenvalue weighted by atomic mass is 9.71. The minimum Gasteiger partial charge on any atom is -0.465 e. The van der Waals surface area contributed by atoms with E-state index in [2.05, 4.69) is 29.1 Å². The van der Waals surface area contributed by atoms with Crippen molar-refractivity contribution in [2.45, 2.75) is 40.1 Å². The van der Waals surface area contributed by atoms with E-state index in [1.807, 2.05) is 42.5 Å². The molecule has 3 unspecified atom stereocenters. The van der Waals surface area contributed by atoms with Crippen molar-refractivity contribution in [3.8, 4) is 0 Å². The van der Waals surface area contributed by atoms with Crippen molar-refractivity contribution in [3.05, 3.63) is 67.8 Å². The molecule has 3 fully saturated rings. The van der Waals surface area contributed by atoms with Crippen LogP contribution in [0.15, 0.2) is 67.8 Å². The number of anilines is 1. The number of ether oxygens (including phenoxy) is 1. The zero-order valence-electron chi connectivity index (χ0n) is 21.7. The molecule has 39 heavy (non-hydrogen) atoms. The number of allylic oxidation sites excluding steroid dienone is 1. The number of β-amino-alcohol motifs (C(OH)–C–C–N with tert-alkyl or cyclic N) is 1. The molecule has 1 N–H and O–H groups in total. The van der Waals surface area contributed by atoms with Gasteiger partial charge in [0.15, 0.2) is 0 Å². The molecule has 0 saturated carbocycles. The topological polar surface area (TPSA) is 87.1 Å². The van der Waals surface area contributed by atoms with Crippen molar-refractivity contribution in [1.29, 1.82) is 0 Å². The molecule has 0 aliphatic carbocycles. The Morgan fingerprint density at radius 2 is 1.97 bits per heavy atom. The summed E-state index contributed by atoms with van der Waals surface area (Å²) < 4.78 is 4.82. The van der Waals surface area contributed by atoms with Gasteiger partial charge in [0.2, 0.25) is 5.91 Å². The Kier molecular flexibility index (Phi) is 8.21. The molecule has 3 aliphatic heterocycles. The number of alkyl halides is 1. The number of carbonyl (C=O) groups excluding carboxylic acids is 3. The smallest absolute Gasteiger partial charge is 0.310 e. The molecule has 206 valence electrons. The largest absolute Gasteiger partial charge is 0.465 e. The average Bonchev–Trinajstić information content (AvgIpc) is 3.53. The van der Waals surface area contributed by atoms with Gasteiger partial charge in [0, 0.05) is 28.9 Å². The molecule has 1 spiro atoms. The molecule has 0 radical (unpaired) electrons. The van der Waals surface area contributed by atoms with Crippen molar-refractivity contribution in [2.75, 3.05) is 31.2 Å². The SMILES string of the molecule is C=CCCCOC(=O)[C@H]1[C@H]2C(=O)N(CCO)C(C(=O)N(CC=C)c3ccc4ccccc4c3)C23CC(Br)[C@@H]1S3. The summed E-state index contributed by atoms with van der Waals surface area (Å²) in [4.78, 5) is 44.9. The predicted octanol–water partition coefficient (Wildman–Crippen LogP) is 4.33. The van der Waals surface area contributed by atoms with Gasteiger partial charge in [-0.3, -0.25) is 14.4 Å². The van der Waals surface area contributed by atoms with E-state index < -0.39 is 28.6 Å². The third-order valence-corrected chi connectivity index (χ3v) is 11.3. The Hall–Kier alpha value is -2.62. The lowest BCUT2D eigenvalue weighted by Gasteiger charge is -2.37. The van der Waals surface area contributed by atoms with E-state index in [4.69, 9.17) is 4.74 Å². The first-order valence-corrected chi connectivity index (χ1v) is 15.1. The van der Waals surface area contributed by atoms with Crippen LogP contribution < -0.4 is 4.90 Å². The summed E-state index contributed by atoms with van der Waals surface area (Å²) in [5, 5.41) is 11.8. The standard InChI is InChI=1S/C30H33BrN2O5S/c1-3-5-8-16-38-29(37)23-24-27(35)33(14-15-34)26(30(24)18-22(31)25(23)39-30)28(36)32(13-4-2)21-12-11-19-9-6-7-10-20(19)17-21/h3-4,6-7,9-12,17,22-26,34H,1-2,5,8,13-16,18H2/t22?,23-,24-,25-,26?,30?/m0/s1. The number of aliphatic hydroxyl groups excluding tert-OH is 1. The zero-order chi connectivity index (χ0) is 27.7. The fourth-order valence-electron chi connectivity index (χ4n) is 6.47. The Bertz CT molecular complexity index is 1300. The first kappa shape index (κ1) is 27.9. The van der Waals surface area contributed by atoms with Gasteiger partial charge in [-0.05, 0) is 42.2 Å². The molecule has 2 bridgehead atoms. The van der Waals surface area contributed by atoms with Crippen molar-refractivity contribution < 1.29 is 24.2 Å². The molecule has 3 saturated heterocycles. The maximum absolute atomic E-state index is 14.5. The number of aliphatic hydroxyl groups is 1. The van der Waals surface area contributed by atoms with Gasteiger partial charge in [0.1, 0.15) is 6.04 Å². The van der Waals surface area contributed by atoms with Crippen LogP contribution in [0, 0.1) is 11.8 Å². The first-order valence-electron chi connectivity index (χ1n) is 13.3. The number of benzene rings is 2. The second kappa shape index (κ2) is 11.5. The fraction of sp³-hybridized carbons (Fsp3) is 0.433. The number of thioether (sulfide) groups is 1. The summed E-state index contributed by atoms with van der Waals surface area (Å²) in [6.07, 6.45) is 5.42. The summed E-state index contributed by atoms with van der Waals surface area (Å²) in [7, 11) is 0. The molecule has 2 amide bonds. The number of unbranched alkanes of at least 4 members (excludes halogenated alkanes) is 1. The monoisotopic (exact) mass is 612 g/mol. The summed E-state index contributed by atoms with van der Waals surface area (Å²) in [5.41, 5.74) is 0.709. The Balaban J connectivity index is 1.51. The summed E-state index contributed by atoms with van der Waals surface area (Å²) >= 11 is 5.32. The number of fused-ring (bicyclic) bond motifs is 2. The van der Waals surface area contributed by atoms with E-state index in [-0.39, 0.29) is 48.2 Å². The van der Waals surface area contributed by atoms with Crippen LogP contribution >= 0.6 is 27.7 Å². The van der Waals surface area contributed by atoms with Gasteiger partial charge in [-0.1, -0.05) is 58.4 Å². The number of likely N-dealkylation sites (tertiary alicyclic amines) is 1. The number of hydrogen-bond acceptors (Lipinski definition) is 6. The van der Waals surface area contributed by atoms with E-state index >= 15 is 0 Å². The van der Waals surface area contributed by atoms with Crippen LogP contribution in [0.3, 0.4) is 0 Å². The van der Waals surface area contributed by atoms with Crippen molar-refractivity contribution in [1.82, 2.24) is 4.90 Å². The Morgan fingerprint density at radius 1 is 1.21 bits per heavy atom. The number of rotatable bonds is 11. The molecule has 5 rings (SSSR count). The predicted molar refractivity (Wildman–Crippen MR) is 158 cm³/mol. The number of amides is 2. The lowest BCUT2D eigenvalue weighted by molar-refractivity contribution is -0.154. The van der Waals surface area contributed by atoms with E-state index in [9.17, 15) is 19.5 Å². The van der Waals surface area contributed by atoms with Gasteiger partial charge >= 0.3 is 5.97 Å². The van der Waals surface area contributed by atoms with Gasteiger partial charge in [0.05, 0.1) is 29.8 Å². The van der Waals surface area contributed by atoms with E-state index in [0.29, 0.717) is 18.5 Å². The zero-order valence-corrected chi connectivity index (χ0v) is 24.1. The summed E-state index contributed by atoms with van der Waals surface area (Å²) in [5.74, 6) is -2.23. The molecule has 0 aromatic heterocycles. The second-order valence-corrected chi connectivity index (χ2v) is 13.0. The van der Waals surface area contributed by atoms with Gasteiger partial charge in [-0.2, -0.15) is 0 Å². The van der Waals surface area contributed by atoms with Crippen molar-refractivity contribution >= 4 is 61.9 Å². The molecule has 2 aromatic rings. The first-order chi connectivity index (χ1) is 18.9. The normalized spacial score (nSPS) is 28.9. The lowest BCUT2D eigenvalue weighted by Crippen LogP contribution is -2.56. The number of carbonyl (C=O) groups is 3. The molecule has 3 aliphatic rings. The highest BCUT2D eigenvalue weighted by atomic mass is 79.9. The fourth-order valence-corrected chi connectivity index (χ4v) is 10.1. The van der Waals surface area contributed by atoms with Crippen LogP contribution in [0.25, 0.3) is 10.8 Å². The number of esters is 1. The maximum atomic E-state index is 14.5. The van der Waals surface area contributed by atoms with Gasteiger partial charge in [0.25, 0.3) is 5.91 Å². The highest BCUT2D eigenvalue weighted by molar-refractivity contribution is 9.09. The number of hydrogen-bond donors (Lipinski definition) is 1. The maximum Gasteiger partial charge on any atom is 0.310 e. The minimum atomic E-state index is -0.831. The molecular formula is C30H33BrN2O5S. The molecule has 3 heterocycles.